The number of hydrogen-bond donors (Lipinski definition) is 2. The van der Waals surface area contributed by atoms with E-state index in [1.807, 2.05) is 37.3 Å². The van der Waals surface area contributed by atoms with E-state index in [1.54, 1.807) is 24.3 Å². The molecule has 2 N–H and O–H groups in total. The molecule has 0 aliphatic heterocycles. The highest BCUT2D eigenvalue weighted by Gasteiger charge is 2.08. The Balaban J connectivity index is 1.71. The molecule has 0 bridgehead atoms. The molecule has 0 saturated heterocycles. The van der Waals surface area contributed by atoms with Gasteiger partial charge in [0.15, 0.2) is 5.11 Å². The fourth-order valence-corrected chi connectivity index (χ4v) is 2.44. The number of ether oxygens (including phenoxy) is 2. The molecule has 0 aliphatic rings. The Morgan fingerprint density at radius 1 is 1.00 bits per heavy atom. The van der Waals surface area contributed by atoms with Crippen LogP contribution in [-0.2, 0) is 9.53 Å². The number of rotatable bonds is 9. The summed E-state index contributed by atoms with van der Waals surface area (Å²) in [6.45, 7) is 2.71. The molecule has 0 saturated carbocycles. The van der Waals surface area contributed by atoms with Crippen LogP contribution in [0.25, 0.3) is 0 Å². The summed E-state index contributed by atoms with van der Waals surface area (Å²) in [6.07, 6.45) is 1.99. The van der Waals surface area contributed by atoms with Gasteiger partial charge in [-0.1, -0.05) is 31.5 Å². The van der Waals surface area contributed by atoms with Crippen LogP contribution in [0, 0.1) is 0 Å². The summed E-state index contributed by atoms with van der Waals surface area (Å²) in [5.41, 5.74) is 1.13. The van der Waals surface area contributed by atoms with Gasteiger partial charge in [-0.25, -0.2) is 4.79 Å². The first-order valence-electron chi connectivity index (χ1n) is 9.14. The summed E-state index contributed by atoms with van der Waals surface area (Å²) in [6, 6.07) is 16.0. The lowest BCUT2D eigenvalue weighted by atomic mass is 10.2. The number of benzene rings is 2. The average Bonchev–Trinajstić information content (AvgIpc) is 2.69. The molecule has 0 heterocycles. The van der Waals surface area contributed by atoms with Crippen molar-refractivity contribution in [2.24, 2.45) is 0 Å². The van der Waals surface area contributed by atoms with Gasteiger partial charge < -0.3 is 20.1 Å². The molecule has 0 fully saturated rings. The Morgan fingerprint density at radius 3 is 2.39 bits per heavy atom. The van der Waals surface area contributed by atoms with Gasteiger partial charge in [-0.15, -0.1) is 0 Å². The Kier molecular flexibility index (Phi) is 8.94. The van der Waals surface area contributed by atoms with Crippen LogP contribution in [0.1, 0.15) is 36.5 Å². The van der Waals surface area contributed by atoms with Gasteiger partial charge >= 0.3 is 5.97 Å². The summed E-state index contributed by atoms with van der Waals surface area (Å²) in [5.74, 6) is 0.114. The van der Waals surface area contributed by atoms with E-state index >= 15 is 0 Å². The molecule has 0 aliphatic carbocycles. The van der Waals surface area contributed by atoms with Gasteiger partial charge in [-0.3, -0.25) is 4.79 Å². The molecule has 0 spiro atoms. The van der Waals surface area contributed by atoms with Crippen molar-refractivity contribution in [1.29, 1.82) is 0 Å². The van der Waals surface area contributed by atoms with Crippen LogP contribution in [0.3, 0.4) is 0 Å². The maximum atomic E-state index is 11.9. The number of para-hydroxylation sites is 1. The molecular formula is C21H24N2O4S. The van der Waals surface area contributed by atoms with E-state index in [9.17, 15) is 9.59 Å². The molecule has 2 aromatic carbocycles. The van der Waals surface area contributed by atoms with Crippen molar-refractivity contribution < 1.29 is 19.1 Å². The third-order valence-electron chi connectivity index (χ3n) is 3.70. The predicted octanol–water partition coefficient (Wildman–Crippen LogP) is 3.93. The number of carbonyl (C=O) groups is 2. The van der Waals surface area contributed by atoms with E-state index in [0.717, 1.165) is 12.8 Å². The van der Waals surface area contributed by atoms with Gasteiger partial charge in [0.1, 0.15) is 5.75 Å². The Hall–Kier alpha value is -2.93. The number of unbranched alkanes of at least 4 members (excludes halogenated alkanes) is 1. The van der Waals surface area contributed by atoms with Crippen LogP contribution in [-0.4, -0.2) is 30.2 Å². The quantitative estimate of drug-likeness (QED) is 0.377. The molecule has 28 heavy (non-hydrogen) atoms. The standard InChI is InChI=1S/C21H24N2O4S/c1-2-3-14-27-20(25)16-9-11-17(12-10-16)22-21(28)23-19(24)13-15-26-18-7-5-4-6-8-18/h4-12H,2-3,13-15H2,1H3,(H2,22,23,24,28). The zero-order chi connectivity index (χ0) is 20.2. The SMILES string of the molecule is CCCCOC(=O)c1ccc(NC(=S)NC(=O)CCOc2ccccc2)cc1. The Morgan fingerprint density at radius 2 is 1.71 bits per heavy atom. The zero-order valence-electron chi connectivity index (χ0n) is 15.8. The van der Waals surface area contributed by atoms with Crippen molar-refractivity contribution >= 4 is 34.9 Å². The highest BCUT2D eigenvalue weighted by atomic mass is 32.1. The first-order valence-corrected chi connectivity index (χ1v) is 9.55. The molecule has 148 valence electrons. The molecule has 0 unspecified atom stereocenters. The van der Waals surface area contributed by atoms with Gasteiger partial charge in [0.2, 0.25) is 5.91 Å². The average molecular weight is 401 g/mol. The van der Waals surface area contributed by atoms with E-state index in [4.69, 9.17) is 21.7 Å². The fourth-order valence-electron chi connectivity index (χ4n) is 2.21. The van der Waals surface area contributed by atoms with Gasteiger partial charge in [0.25, 0.3) is 0 Å². The summed E-state index contributed by atoms with van der Waals surface area (Å²) >= 11 is 5.14. The topological polar surface area (TPSA) is 76.7 Å². The van der Waals surface area contributed by atoms with Crippen LogP contribution in [0.2, 0.25) is 0 Å². The minimum atomic E-state index is -0.353. The van der Waals surface area contributed by atoms with E-state index in [2.05, 4.69) is 10.6 Å². The van der Waals surface area contributed by atoms with Crippen molar-refractivity contribution in [2.45, 2.75) is 26.2 Å². The Bertz CT molecular complexity index is 779. The highest BCUT2D eigenvalue weighted by molar-refractivity contribution is 7.80. The normalized spacial score (nSPS) is 10.0. The zero-order valence-corrected chi connectivity index (χ0v) is 16.6. The van der Waals surface area contributed by atoms with E-state index in [1.165, 1.54) is 0 Å². The molecular weight excluding hydrogens is 376 g/mol. The maximum Gasteiger partial charge on any atom is 0.338 e. The summed E-state index contributed by atoms with van der Waals surface area (Å²) in [4.78, 5) is 23.8. The van der Waals surface area contributed by atoms with Crippen LogP contribution < -0.4 is 15.4 Å². The van der Waals surface area contributed by atoms with Gasteiger partial charge in [0, 0.05) is 5.69 Å². The monoisotopic (exact) mass is 400 g/mol. The van der Waals surface area contributed by atoms with Crippen LogP contribution in [0.4, 0.5) is 5.69 Å². The smallest absolute Gasteiger partial charge is 0.338 e. The maximum absolute atomic E-state index is 11.9. The Labute approximate surface area is 170 Å². The van der Waals surface area contributed by atoms with Crippen molar-refractivity contribution in [1.82, 2.24) is 5.32 Å². The molecule has 7 heteroatoms. The van der Waals surface area contributed by atoms with Crippen molar-refractivity contribution in [3.63, 3.8) is 0 Å². The van der Waals surface area contributed by atoms with E-state index in [0.29, 0.717) is 23.6 Å². The fraction of sp³-hybridized carbons (Fsp3) is 0.286. The first-order chi connectivity index (χ1) is 13.6. The molecule has 0 aromatic heterocycles. The lowest BCUT2D eigenvalue weighted by molar-refractivity contribution is -0.120. The number of thiocarbonyl (C=S) groups is 1. The lowest BCUT2D eigenvalue weighted by Crippen LogP contribution is -2.34. The highest BCUT2D eigenvalue weighted by Crippen LogP contribution is 2.11. The van der Waals surface area contributed by atoms with Crippen LogP contribution in [0.15, 0.2) is 54.6 Å². The number of anilines is 1. The van der Waals surface area contributed by atoms with Crippen molar-refractivity contribution in [2.75, 3.05) is 18.5 Å². The van der Waals surface area contributed by atoms with E-state index < -0.39 is 0 Å². The molecule has 0 radical (unpaired) electrons. The number of amides is 1. The van der Waals surface area contributed by atoms with Crippen LogP contribution in [0.5, 0.6) is 5.75 Å². The second-order valence-electron chi connectivity index (χ2n) is 5.98. The predicted molar refractivity (Wildman–Crippen MR) is 113 cm³/mol. The summed E-state index contributed by atoms with van der Waals surface area (Å²) in [7, 11) is 0. The molecule has 2 aromatic rings. The number of hydrogen-bond acceptors (Lipinski definition) is 5. The van der Waals surface area contributed by atoms with E-state index in [-0.39, 0.29) is 30.0 Å². The number of esters is 1. The first kappa shape index (κ1) is 21.4. The second kappa shape index (κ2) is 11.7. The van der Waals surface area contributed by atoms with Gasteiger partial charge in [0.05, 0.1) is 25.2 Å². The largest absolute Gasteiger partial charge is 0.493 e. The minimum absolute atomic E-state index is 0.180. The number of nitrogens with one attached hydrogen (secondary N) is 2. The summed E-state index contributed by atoms with van der Waals surface area (Å²) in [5, 5.41) is 5.69. The van der Waals surface area contributed by atoms with Crippen molar-refractivity contribution in [3.05, 3.63) is 60.2 Å². The van der Waals surface area contributed by atoms with Crippen LogP contribution >= 0.6 is 12.2 Å². The third-order valence-corrected chi connectivity index (χ3v) is 3.91. The minimum Gasteiger partial charge on any atom is -0.493 e. The third kappa shape index (κ3) is 7.75. The molecule has 2 rings (SSSR count). The molecule has 1 amide bonds. The molecule has 0 atom stereocenters. The van der Waals surface area contributed by atoms with Gasteiger partial charge in [-0.2, -0.15) is 0 Å². The molecule has 6 nitrogen and oxygen atoms in total. The van der Waals surface area contributed by atoms with Crippen molar-refractivity contribution in [3.8, 4) is 5.75 Å². The second-order valence-corrected chi connectivity index (χ2v) is 6.39. The lowest BCUT2D eigenvalue weighted by Gasteiger charge is -2.11. The van der Waals surface area contributed by atoms with Gasteiger partial charge in [-0.05, 0) is 55.0 Å². The summed E-state index contributed by atoms with van der Waals surface area (Å²) < 4.78 is 10.6. The number of carbonyl (C=O) groups excluding carboxylic acids is 2.